The van der Waals surface area contributed by atoms with Crippen molar-refractivity contribution in [3.63, 3.8) is 0 Å². The van der Waals surface area contributed by atoms with Gasteiger partial charge in [0.15, 0.2) is 11.9 Å². The summed E-state index contributed by atoms with van der Waals surface area (Å²) in [5, 5.41) is 15.3. The highest BCUT2D eigenvalue weighted by Gasteiger charge is 2.20. The summed E-state index contributed by atoms with van der Waals surface area (Å²) in [4.78, 5) is 34.8. The first-order valence-electron chi connectivity index (χ1n) is 9.64. The van der Waals surface area contributed by atoms with Crippen molar-refractivity contribution in [1.29, 1.82) is 0 Å². The van der Waals surface area contributed by atoms with E-state index in [0.717, 1.165) is 0 Å². The summed E-state index contributed by atoms with van der Waals surface area (Å²) in [5.41, 5.74) is 3.03. The third-order valence-corrected chi connectivity index (χ3v) is 4.51. The molecule has 168 valence electrons. The van der Waals surface area contributed by atoms with Crippen molar-refractivity contribution in [2.45, 2.75) is 13.0 Å². The third kappa shape index (κ3) is 6.62. The van der Waals surface area contributed by atoms with E-state index in [0.29, 0.717) is 21.9 Å². The molecule has 0 radical (unpaired) electrons. The van der Waals surface area contributed by atoms with Crippen LogP contribution in [-0.2, 0) is 4.79 Å². The molecule has 1 unspecified atom stereocenters. The van der Waals surface area contributed by atoms with Crippen LogP contribution in [0.3, 0.4) is 0 Å². The molecular weight excluding hydrogens is 450 g/mol. The van der Waals surface area contributed by atoms with Crippen LogP contribution in [0.5, 0.6) is 11.5 Å². The van der Waals surface area contributed by atoms with E-state index in [-0.39, 0.29) is 11.4 Å². The number of benzene rings is 3. The van der Waals surface area contributed by atoms with Crippen LogP contribution in [0.15, 0.2) is 77.9 Å². The van der Waals surface area contributed by atoms with Crippen LogP contribution in [-0.4, -0.2) is 29.1 Å². The summed E-state index contributed by atoms with van der Waals surface area (Å²) < 4.78 is 10.7. The van der Waals surface area contributed by atoms with Gasteiger partial charge in [-0.15, -0.1) is 0 Å². The van der Waals surface area contributed by atoms with Crippen LogP contribution in [0.1, 0.15) is 22.8 Å². The average molecular weight is 468 g/mol. The fourth-order valence-corrected chi connectivity index (χ4v) is 2.81. The highest BCUT2D eigenvalue weighted by Crippen LogP contribution is 2.26. The molecule has 1 atom stereocenters. The number of hydrogen-bond donors (Lipinski definition) is 1. The molecule has 0 saturated carbocycles. The van der Waals surface area contributed by atoms with E-state index in [1.807, 2.05) is 0 Å². The van der Waals surface area contributed by atoms with Crippen LogP contribution in [0.4, 0.5) is 5.69 Å². The maximum atomic E-state index is 12.2. The van der Waals surface area contributed by atoms with E-state index >= 15 is 0 Å². The molecule has 0 bridgehead atoms. The Balaban J connectivity index is 1.53. The molecule has 0 aliphatic rings. The summed E-state index contributed by atoms with van der Waals surface area (Å²) in [6.07, 6.45) is 0.370. The molecule has 3 aromatic rings. The van der Waals surface area contributed by atoms with Crippen molar-refractivity contribution in [1.82, 2.24) is 5.43 Å². The van der Waals surface area contributed by atoms with E-state index in [1.54, 1.807) is 48.5 Å². The van der Waals surface area contributed by atoms with Gasteiger partial charge in [0, 0.05) is 11.1 Å². The van der Waals surface area contributed by atoms with Crippen LogP contribution in [0.25, 0.3) is 0 Å². The fourth-order valence-electron chi connectivity index (χ4n) is 2.62. The zero-order chi connectivity index (χ0) is 23.8. The second kappa shape index (κ2) is 10.9. The van der Waals surface area contributed by atoms with Gasteiger partial charge in [0.1, 0.15) is 5.75 Å². The van der Waals surface area contributed by atoms with Crippen molar-refractivity contribution in [2.24, 2.45) is 5.10 Å². The molecule has 33 heavy (non-hydrogen) atoms. The Hall–Kier alpha value is -4.24. The van der Waals surface area contributed by atoms with Gasteiger partial charge in [0.05, 0.1) is 16.7 Å². The quantitative estimate of drug-likeness (QED) is 0.172. The van der Waals surface area contributed by atoms with Crippen molar-refractivity contribution < 1.29 is 24.0 Å². The highest BCUT2D eigenvalue weighted by molar-refractivity contribution is 6.30. The van der Waals surface area contributed by atoms with E-state index in [9.17, 15) is 19.7 Å². The first kappa shape index (κ1) is 23.4. The molecule has 10 heteroatoms. The first-order valence-corrected chi connectivity index (χ1v) is 10.0. The van der Waals surface area contributed by atoms with Crippen LogP contribution in [0.2, 0.25) is 5.02 Å². The molecular formula is C23H18ClN3O6. The lowest BCUT2D eigenvalue weighted by Crippen LogP contribution is -2.33. The van der Waals surface area contributed by atoms with Gasteiger partial charge in [-0.25, -0.2) is 10.2 Å². The minimum absolute atomic E-state index is 0.0166. The van der Waals surface area contributed by atoms with Gasteiger partial charge in [-0.2, -0.15) is 5.10 Å². The molecule has 1 amide bonds. The van der Waals surface area contributed by atoms with Crippen molar-refractivity contribution in [3.05, 3.63) is 99.1 Å². The lowest BCUT2D eigenvalue weighted by atomic mass is 10.2. The van der Waals surface area contributed by atoms with Crippen molar-refractivity contribution in [2.75, 3.05) is 0 Å². The van der Waals surface area contributed by atoms with Gasteiger partial charge < -0.3 is 9.47 Å². The maximum Gasteiger partial charge on any atom is 0.343 e. The number of halogens is 1. The SMILES string of the molecule is CC(Oc1ccccc1[N+](=O)[O-])C(=O)N/N=C/c1ccc(OC(=O)c2cccc(Cl)c2)cc1. The second-order valence-corrected chi connectivity index (χ2v) is 7.12. The Morgan fingerprint density at radius 2 is 1.82 bits per heavy atom. The van der Waals surface area contributed by atoms with Gasteiger partial charge in [-0.05, 0) is 61.0 Å². The summed E-state index contributed by atoms with van der Waals surface area (Å²) in [6.45, 7) is 1.45. The molecule has 0 aromatic heterocycles. The smallest absolute Gasteiger partial charge is 0.343 e. The lowest BCUT2D eigenvalue weighted by Gasteiger charge is -2.12. The number of hydrogen-bond acceptors (Lipinski definition) is 7. The summed E-state index contributed by atoms with van der Waals surface area (Å²) in [7, 11) is 0. The Kier molecular flexibility index (Phi) is 7.72. The highest BCUT2D eigenvalue weighted by atomic mass is 35.5. The molecule has 0 aliphatic heterocycles. The Morgan fingerprint density at radius 3 is 2.52 bits per heavy atom. The number of nitrogens with one attached hydrogen (secondary N) is 1. The number of carbonyl (C=O) groups excluding carboxylic acids is 2. The number of nitrogens with zero attached hydrogens (tertiary/aromatic N) is 2. The number of ether oxygens (including phenoxy) is 2. The normalized spacial score (nSPS) is 11.6. The molecule has 0 aliphatic carbocycles. The largest absolute Gasteiger partial charge is 0.474 e. The number of para-hydroxylation sites is 2. The molecule has 9 nitrogen and oxygen atoms in total. The number of hydrazone groups is 1. The molecule has 0 fully saturated rings. The number of nitro benzene ring substituents is 1. The molecule has 0 heterocycles. The topological polar surface area (TPSA) is 120 Å². The van der Waals surface area contributed by atoms with Crippen molar-refractivity contribution in [3.8, 4) is 11.5 Å². The summed E-state index contributed by atoms with van der Waals surface area (Å²) in [6, 6.07) is 18.6. The molecule has 0 spiro atoms. The fraction of sp³-hybridized carbons (Fsp3) is 0.0870. The molecule has 3 aromatic carbocycles. The van der Waals surface area contributed by atoms with Gasteiger partial charge in [0.2, 0.25) is 0 Å². The predicted octanol–water partition coefficient (Wildman–Crippen LogP) is 4.39. The Labute approximate surface area is 193 Å². The van der Waals surface area contributed by atoms with Gasteiger partial charge in [-0.1, -0.05) is 29.8 Å². The average Bonchev–Trinajstić information content (AvgIpc) is 2.80. The molecule has 3 rings (SSSR count). The number of nitro groups is 1. The van der Waals surface area contributed by atoms with Gasteiger partial charge in [-0.3, -0.25) is 14.9 Å². The zero-order valence-corrected chi connectivity index (χ0v) is 18.1. The summed E-state index contributed by atoms with van der Waals surface area (Å²) in [5.74, 6) is -0.819. The molecule has 0 saturated heterocycles. The minimum atomic E-state index is -1.02. The minimum Gasteiger partial charge on any atom is -0.474 e. The second-order valence-electron chi connectivity index (χ2n) is 6.69. The Morgan fingerprint density at radius 1 is 1.09 bits per heavy atom. The van der Waals surface area contributed by atoms with E-state index in [4.69, 9.17) is 21.1 Å². The lowest BCUT2D eigenvalue weighted by molar-refractivity contribution is -0.386. The Bertz CT molecular complexity index is 1200. The zero-order valence-electron chi connectivity index (χ0n) is 17.3. The standard InChI is InChI=1S/C23H18ClN3O6/c1-15(32-21-8-3-2-7-20(21)27(30)31)22(28)26-25-14-16-9-11-19(12-10-16)33-23(29)17-5-4-6-18(24)13-17/h2-15H,1H3,(H,26,28)/b25-14+. The van der Waals surface area contributed by atoms with E-state index < -0.39 is 22.9 Å². The maximum absolute atomic E-state index is 12.2. The van der Waals surface area contributed by atoms with Gasteiger partial charge >= 0.3 is 11.7 Å². The van der Waals surface area contributed by atoms with E-state index in [2.05, 4.69) is 10.5 Å². The monoisotopic (exact) mass is 467 g/mol. The summed E-state index contributed by atoms with van der Waals surface area (Å²) >= 11 is 5.88. The predicted molar refractivity (Wildman–Crippen MR) is 122 cm³/mol. The third-order valence-electron chi connectivity index (χ3n) is 4.27. The number of carbonyl (C=O) groups is 2. The molecule has 1 N–H and O–H groups in total. The van der Waals surface area contributed by atoms with Crippen molar-refractivity contribution >= 4 is 35.4 Å². The van der Waals surface area contributed by atoms with Crippen LogP contribution in [0, 0.1) is 10.1 Å². The number of esters is 1. The first-order chi connectivity index (χ1) is 15.8. The van der Waals surface area contributed by atoms with Crippen LogP contribution >= 0.6 is 11.6 Å². The number of rotatable bonds is 8. The van der Waals surface area contributed by atoms with Crippen LogP contribution < -0.4 is 14.9 Å². The van der Waals surface area contributed by atoms with Gasteiger partial charge in [0.25, 0.3) is 5.91 Å². The number of amides is 1. The van der Waals surface area contributed by atoms with E-state index in [1.165, 1.54) is 37.4 Å².